The molecule has 9 heteroatoms. The summed E-state index contributed by atoms with van der Waals surface area (Å²) in [7, 11) is 1.33. The van der Waals surface area contributed by atoms with Gasteiger partial charge in [0, 0.05) is 17.7 Å². The molecule has 2 aromatic rings. The molecule has 1 atom stereocenters. The van der Waals surface area contributed by atoms with Crippen LogP contribution in [0.5, 0.6) is 0 Å². The lowest BCUT2D eigenvalue weighted by Gasteiger charge is -2.38. The molecule has 0 fully saturated rings. The number of carbonyl (C=O) groups is 2. The van der Waals surface area contributed by atoms with E-state index in [1.807, 2.05) is 0 Å². The van der Waals surface area contributed by atoms with Gasteiger partial charge in [0.05, 0.1) is 12.9 Å². The Balaban J connectivity index is 1.78. The molecule has 4 rings (SSSR count). The summed E-state index contributed by atoms with van der Waals surface area (Å²) >= 11 is 1.16. The average Bonchev–Trinajstić information content (AvgIpc) is 3.06. The summed E-state index contributed by atoms with van der Waals surface area (Å²) < 4.78 is 19.8. The van der Waals surface area contributed by atoms with E-state index in [0.717, 1.165) is 23.0 Å². The van der Waals surface area contributed by atoms with Crippen molar-refractivity contribution in [2.75, 3.05) is 18.2 Å². The summed E-state index contributed by atoms with van der Waals surface area (Å²) in [5, 5.41) is 8.18. The van der Waals surface area contributed by atoms with E-state index in [0.29, 0.717) is 29.5 Å². The first-order chi connectivity index (χ1) is 13.8. The van der Waals surface area contributed by atoms with E-state index in [-0.39, 0.29) is 28.7 Å². The minimum Gasteiger partial charge on any atom is -0.468 e. The highest BCUT2D eigenvalue weighted by Gasteiger charge is 2.41. The summed E-state index contributed by atoms with van der Waals surface area (Å²) in [6, 6.07) is 5.58. The molecule has 0 saturated heterocycles. The number of benzene rings is 1. The number of hydrogen-bond acceptors (Lipinski definition) is 7. The van der Waals surface area contributed by atoms with Gasteiger partial charge in [-0.25, -0.2) is 9.07 Å². The molecule has 0 bridgehead atoms. The van der Waals surface area contributed by atoms with E-state index >= 15 is 0 Å². The lowest BCUT2D eigenvalue weighted by atomic mass is 9.73. The number of ketones is 1. The van der Waals surface area contributed by atoms with E-state index in [1.165, 1.54) is 19.2 Å². The van der Waals surface area contributed by atoms with Crippen LogP contribution < -0.4 is 5.32 Å². The van der Waals surface area contributed by atoms with Crippen molar-refractivity contribution in [3.63, 3.8) is 0 Å². The highest BCUT2D eigenvalue weighted by atomic mass is 32.2. The van der Waals surface area contributed by atoms with Gasteiger partial charge in [0.25, 0.3) is 0 Å². The average molecular weight is 416 g/mol. The highest BCUT2D eigenvalue weighted by Crippen LogP contribution is 2.45. The van der Waals surface area contributed by atoms with Crippen LogP contribution in [0.2, 0.25) is 0 Å². The molecule has 2 aliphatic rings. The Hall–Kier alpha value is -2.68. The van der Waals surface area contributed by atoms with Gasteiger partial charge < -0.3 is 10.1 Å². The van der Waals surface area contributed by atoms with E-state index < -0.39 is 6.04 Å². The maximum absolute atomic E-state index is 13.5. The first-order valence-electron chi connectivity index (χ1n) is 9.22. The summed E-state index contributed by atoms with van der Waals surface area (Å²) in [5.74, 6) is -0.0967. The maximum atomic E-state index is 13.5. The van der Waals surface area contributed by atoms with Gasteiger partial charge in [-0.2, -0.15) is 4.98 Å². The number of methoxy groups -OCH3 is 1. The first-order valence-corrected chi connectivity index (χ1v) is 10.2. The van der Waals surface area contributed by atoms with Gasteiger partial charge in [0.1, 0.15) is 11.9 Å². The van der Waals surface area contributed by atoms with Crippen LogP contribution in [0.4, 0.5) is 10.3 Å². The zero-order valence-corrected chi connectivity index (χ0v) is 17.2. The first kappa shape index (κ1) is 19.6. The third-order valence-corrected chi connectivity index (χ3v) is 5.86. The lowest BCUT2D eigenvalue weighted by molar-refractivity contribution is -0.137. The van der Waals surface area contributed by atoms with Crippen LogP contribution in [-0.4, -0.2) is 39.4 Å². The van der Waals surface area contributed by atoms with E-state index in [4.69, 9.17) is 0 Å². The van der Waals surface area contributed by atoms with Gasteiger partial charge in [0.15, 0.2) is 5.78 Å². The maximum Gasteiger partial charge on any atom is 0.316 e. The second kappa shape index (κ2) is 7.29. The predicted molar refractivity (Wildman–Crippen MR) is 106 cm³/mol. The number of aromatic nitrogens is 3. The third kappa shape index (κ3) is 3.78. The van der Waals surface area contributed by atoms with Crippen molar-refractivity contribution < 1.29 is 18.7 Å². The van der Waals surface area contributed by atoms with Crippen molar-refractivity contribution in [1.82, 2.24) is 14.8 Å². The highest BCUT2D eigenvalue weighted by molar-refractivity contribution is 7.99. The Kier molecular flexibility index (Phi) is 4.94. The van der Waals surface area contributed by atoms with E-state index in [2.05, 4.69) is 34.0 Å². The molecule has 1 aromatic heterocycles. The molecule has 1 aliphatic carbocycles. The molecule has 0 unspecified atom stereocenters. The van der Waals surface area contributed by atoms with E-state index in [9.17, 15) is 14.0 Å². The number of carbonyl (C=O) groups excluding carboxylic acids is 2. The molecule has 0 radical (unpaired) electrons. The van der Waals surface area contributed by atoms with Crippen molar-refractivity contribution in [2.45, 2.75) is 37.9 Å². The molecule has 1 aliphatic heterocycles. The fourth-order valence-electron chi connectivity index (χ4n) is 3.79. The van der Waals surface area contributed by atoms with Gasteiger partial charge in [0.2, 0.25) is 11.1 Å². The number of thioether (sulfide) groups is 1. The third-order valence-electron chi connectivity index (χ3n) is 5.05. The van der Waals surface area contributed by atoms with Crippen LogP contribution in [0, 0.1) is 11.2 Å². The van der Waals surface area contributed by atoms with Crippen molar-refractivity contribution in [1.29, 1.82) is 0 Å². The van der Waals surface area contributed by atoms with Crippen LogP contribution in [0.15, 0.2) is 40.7 Å². The van der Waals surface area contributed by atoms with Crippen molar-refractivity contribution in [2.24, 2.45) is 5.41 Å². The Morgan fingerprint density at radius 1 is 1.34 bits per heavy atom. The smallest absolute Gasteiger partial charge is 0.316 e. The van der Waals surface area contributed by atoms with Gasteiger partial charge in [-0.1, -0.05) is 37.7 Å². The van der Waals surface area contributed by atoms with Gasteiger partial charge in [-0.15, -0.1) is 5.10 Å². The normalized spacial score (nSPS) is 20.0. The quantitative estimate of drug-likeness (QED) is 0.604. The fourth-order valence-corrected chi connectivity index (χ4v) is 4.45. The van der Waals surface area contributed by atoms with Crippen LogP contribution in [0.25, 0.3) is 0 Å². The minimum atomic E-state index is -0.495. The Morgan fingerprint density at radius 2 is 2.07 bits per heavy atom. The van der Waals surface area contributed by atoms with Crippen LogP contribution in [0.3, 0.4) is 0 Å². The molecule has 0 amide bonds. The number of ether oxygens (including phenoxy) is 1. The van der Waals surface area contributed by atoms with Crippen LogP contribution >= 0.6 is 11.8 Å². The zero-order valence-electron chi connectivity index (χ0n) is 16.4. The largest absolute Gasteiger partial charge is 0.468 e. The molecule has 29 heavy (non-hydrogen) atoms. The molecule has 1 N–H and O–H groups in total. The second-order valence-corrected chi connectivity index (χ2v) is 8.88. The number of Topliss-reactive ketones (excluding diaryl/α,β-unsaturated/α-hetero) is 1. The van der Waals surface area contributed by atoms with Gasteiger partial charge in [-0.05, 0) is 29.5 Å². The number of hydrogen-bond donors (Lipinski definition) is 1. The summed E-state index contributed by atoms with van der Waals surface area (Å²) in [4.78, 5) is 29.0. The number of allylic oxidation sites excluding steroid dienone is 2. The number of fused-ring (bicyclic) bond motifs is 1. The molecule has 152 valence electrons. The monoisotopic (exact) mass is 416 g/mol. The predicted octanol–water partition coefficient (Wildman–Crippen LogP) is 3.34. The molecule has 2 heterocycles. The Bertz CT molecular complexity index is 1010. The molecule has 7 nitrogen and oxygen atoms in total. The lowest BCUT2D eigenvalue weighted by Crippen LogP contribution is -2.36. The number of nitrogens with zero attached hydrogens (tertiary/aromatic N) is 3. The Morgan fingerprint density at radius 3 is 2.76 bits per heavy atom. The topological polar surface area (TPSA) is 86.1 Å². The van der Waals surface area contributed by atoms with Crippen molar-refractivity contribution in [3.8, 4) is 0 Å². The van der Waals surface area contributed by atoms with Crippen LogP contribution in [0.1, 0.15) is 38.3 Å². The standard InChI is InChI=1S/C20H21FN4O3S/c1-20(2)8-13-16(14(26)9-20)17(11-4-6-12(21)7-5-11)25-18(22-13)23-19(24-25)29-10-15(27)28-3/h4-7,17H,8-10H2,1-3H3,(H,22,23,24)/t17-/m1/s1. The van der Waals surface area contributed by atoms with Crippen molar-refractivity contribution in [3.05, 3.63) is 46.9 Å². The number of halogens is 1. The zero-order chi connectivity index (χ0) is 20.8. The molecule has 0 saturated carbocycles. The Labute approximate surface area is 171 Å². The SMILES string of the molecule is COC(=O)CSc1nc2n(n1)[C@H](c1ccc(F)cc1)C1=C(CC(C)(C)CC1=O)N2. The van der Waals surface area contributed by atoms with Crippen LogP contribution in [-0.2, 0) is 14.3 Å². The molecule has 1 aromatic carbocycles. The summed E-state index contributed by atoms with van der Waals surface area (Å²) in [5.41, 5.74) is 2.05. The minimum absolute atomic E-state index is 0.0444. The molecular formula is C20H21FN4O3S. The number of esters is 1. The summed E-state index contributed by atoms with van der Waals surface area (Å²) in [6.45, 7) is 4.11. The fraction of sp³-hybridized carbons (Fsp3) is 0.400. The van der Waals surface area contributed by atoms with Gasteiger partial charge in [-0.3, -0.25) is 9.59 Å². The summed E-state index contributed by atoms with van der Waals surface area (Å²) in [6.07, 6.45) is 1.13. The number of anilines is 1. The molecule has 0 spiro atoms. The molecular weight excluding hydrogens is 395 g/mol. The second-order valence-electron chi connectivity index (χ2n) is 7.94. The van der Waals surface area contributed by atoms with E-state index in [1.54, 1.807) is 16.8 Å². The van der Waals surface area contributed by atoms with Crippen molar-refractivity contribution >= 4 is 29.5 Å². The number of nitrogens with one attached hydrogen (secondary N) is 1. The van der Waals surface area contributed by atoms with Gasteiger partial charge >= 0.3 is 5.97 Å². The number of rotatable bonds is 4.